The lowest BCUT2D eigenvalue weighted by atomic mass is 10.2. The van der Waals surface area contributed by atoms with Crippen LogP contribution in [0.2, 0.25) is 0 Å². The van der Waals surface area contributed by atoms with Gasteiger partial charge < -0.3 is 5.32 Å². The van der Waals surface area contributed by atoms with Gasteiger partial charge in [-0.1, -0.05) is 53.8 Å². The molecule has 1 aliphatic rings. The van der Waals surface area contributed by atoms with E-state index in [4.69, 9.17) is 12.2 Å². The molecule has 1 heterocycles. The van der Waals surface area contributed by atoms with Gasteiger partial charge in [-0.25, -0.2) is 4.39 Å². The van der Waals surface area contributed by atoms with Crippen LogP contribution in [-0.2, 0) is 9.59 Å². The van der Waals surface area contributed by atoms with Gasteiger partial charge in [0.05, 0.1) is 4.91 Å². The molecule has 1 saturated heterocycles. The lowest BCUT2D eigenvalue weighted by molar-refractivity contribution is -0.126. The lowest BCUT2D eigenvalue weighted by Crippen LogP contribution is -2.36. The van der Waals surface area contributed by atoms with Gasteiger partial charge in [0.15, 0.2) is 0 Å². The fourth-order valence-electron chi connectivity index (χ4n) is 2.33. The van der Waals surface area contributed by atoms with E-state index in [0.29, 0.717) is 20.5 Å². The van der Waals surface area contributed by atoms with Crippen molar-refractivity contribution in [3.8, 4) is 0 Å². The summed E-state index contributed by atoms with van der Waals surface area (Å²) >= 11 is 6.35. The van der Waals surface area contributed by atoms with Crippen LogP contribution in [0.25, 0.3) is 6.08 Å². The zero-order chi connectivity index (χ0) is 18.7. The second-order valence-corrected chi connectivity index (χ2v) is 7.41. The van der Waals surface area contributed by atoms with Crippen molar-refractivity contribution in [3.63, 3.8) is 0 Å². The number of benzene rings is 2. The van der Waals surface area contributed by atoms with Crippen LogP contribution in [0.1, 0.15) is 11.1 Å². The maximum Gasteiger partial charge on any atom is 0.266 e. The third-order valence-electron chi connectivity index (χ3n) is 3.68. The zero-order valence-electron chi connectivity index (χ0n) is 13.9. The second-order valence-electron chi connectivity index (χ2n) is 5.73. The molecule has 7 heteroatoms. The highest BCUT2D eigenvalue weighted by Crippen LogP contribution is 2.32. The van der Waals surface area contributed by atoms with E-state index in [1.54, 1.807) is 30.3 Å². The average molecular weight is 386 g/mol. The summed E-state index contributed by atoms with van der Waals surface area (Å²) in [6.07, 6.45) is 1.64. The molecule has 132 valence electrons. The Morgan fingerprint density at radius 3 is 2.50 bits per heavy atom. The fraction of sp³-hybridized carbons (Fsp3) is 0.105. The number of hydrogen-bond donors (Lipinski definition) is 1. The van der Waals surface area contributed by atoms with Gasteiger partial charge >= 0.3 is 0 Å². The molecule has 0 atom stereocenters. The number of aryl methyl sites for hydroxylation is 1. The number of hydrogen-bond acceptors (Lipinski definition) is 4. The molecule has 0 unspecified atom stereocenters. The van der Waals surface area contributed by atoms with E-state index in [-0.39, 0.29) is 24.2 Å². The minimum Gasteiger partial charge on any atom is -0.325 e. The molecule has 3 rings (SSSR count). The molecule has 1 aliphatic heterocycles. The van der Waals surface area contributed by atoms with Gasteiger partial charge in [0.25, 0.3) is 5.91 Å². The van der Waals surface area contributed by atoms with Crippen LogP contribution in [-0.4, -0.2) is 27.6 Å². The number of carbonyl (C=O) groups excluding carboxylic acids is 2. The van der Waals surface area contributed by atoms with Crippen molar-refractivity contribution in [3.05, 3.63) is 70.4 Å². The van der Waals surface area contributed by atoms with E-state index < -0.39 is 0 Å². The Balaban J connectivity index is 1.67. The number of rotatable bonds is 4. The summed E-state index contributed by atoms with van der Waals surface area (Å²) in [6, 6.07) is 13.2. The van der Waals surface area contributed by atoms with E-state index in [1.165, 1.54) is 17.0 Å². The summed E-state index contributed by atoms with van der Waals surface area (Å²) in [7, 11) is 0. The number of carbonyl (C=O) groups is 2. The van der Waals surface area contributed by atoms with Crippen molar-refractivity contribution in [2.45, 2.75) is 6.92 Å². The molecule has 2 aromatic carbocycles. The third-order valence-corrected chi connectivity index (χ3v) is 5.06. The van der Waals surface area contributed by atoms with Crippen molar-refractivity contribution in [1.29, 1.82) is 0 Å². The van der Waals surface area contributed by atoms with Crippen molar-refractivity contribution >= 4 is 51.9 Å². The molecule has 2 aromatic rings. The summed E-state index contributed by atoms with van der Waals surface area (Å²) < 4.78 is 13.3. The Hall–Kier alpha value is -2.51. The van der Waals surface area contributed by atoms with Gasteiger partial charge in [-0.3, -0.25) is 14.5 Å². The highest BCUT2D eigenvalue weighted by Gasteiger charge is 2.33. The quantitative estimate of drug-likeness (QED) is 0.638. The first-order valence-corrected chi connectivity index (χ1v) is 9.02. The van der Waals surface area contributed by atoms with Crippen LogP contribution in [0.15, 0.2) is 53.4 Å². The lowest BCUT2D eigenvalue weighted by Gasteiger charge is -2.14. The summed E-state index contributed by atoms with van der Waals surface area (Å²) in [4.78, 5) is 26.4. The molecule has 1 fully saturated rings. The monoisotopic (exact) mass is 386 g/mol. The van der Waals surface area contributed by atoms with Crippen molar-refractivity contribution in [2.75, 3.05) is 11.9 Å². The number of nitrogens with zero attached hydrogens (tertiary/aromatic N) is 1. The number of halogens is 1. The van der Waals surface area contributed by atoms with E-state index >= 15 is 0 Å². The Bertz CT molecular complexity index is 893. The molecule has 0 radical (unpaired) electrons. The number of thiocarbonyl (C=S) groups is 1. The average Bonchev–Trinajstić information content (AvgIpc) is 2.86. The van der Waals surface area contributed by atoms with Crippen molar-refractivity contribution in [1.82, 2.24) is 4.90 Å². The minimum absolute atomic E-state index is 0.153. The van der Waals surface area contributed by atoms with Crippen LogP contribution in [0.4, 0.5) is 10.1 Å². The number of amides is 2. The highest BCUT2D eigenvalue weighted by atomic mass is 32.2. The molecule has 0 aliphatic carbocycles. The van der Waals surface area contributed by atoms with Gasteiger partial charge in [0.1, 0.15) is 16.7 Å². The van der Waals surface area contributed by atoms with E-state index in [1.807, 2.05) is 19.1 Å². The maximum atomic E-state index is 13.0. The van der Waals surface area contributed by atoms with Gasteiger partial charge in [0.2, 0.25) is 5.91 Å². The van der Waals surface area contributed by atoms with Gasteiger partial charge in [0, 0.05) is 5.69 Å². The standard InChI is InChI=1S/C19H15FN2O2S2/c1-12-2-8-15(9-3-12)21-17(23)11-22-18(24)16(26-19(22)25)10-13-4-6-14(20)7-5-13/h2-10H,11H2,1H3,(H,21,23)/b16-10-. The topological polar surface area (TPSA) is 49.4 Å². The van der Waals surface area contributed by atoms with Crippen molar-refractivity contribution < 1.29 is 14.0 Å². The smallest absolute Gasteiger partial charge is 0.266 e. The molecule has 0 bridgehead atoms. The largest absolute Gasteiger partial charge is 0.325 e. The van der Waals surface area contributed by atoms with Gasteiger partial charge in [-0.15, -0.1) is 0 Å². The number of nitrogens with one attached hydrogen (secondary N) is 1. The SMILES string of the molecule is Cc1ccc(NC(=O)CN2C(=O)/C(=C/c3ccc(F)cc3)SC2=S)cc1. The Kier molecular flexibility index (Phi) is 5.49. The number of thioether (sulfide) groups is 1. The van der Waals surface area contributed by atoms with E-state index in [9.17, 15) is 14.0 Å². The Morgan fingerprint density at radius 1 is 1.19 bits per heavy atom. The highest BCUT2D eigenvalue weighted by molar-refractivity contribution is 8.26. The molecule has 26 heavy (non-hydrogen) atoms. The predicted molar refractivity (Wildman–Crippen MR) is 106 cm³/mol. The van der Waals surface area contributed by atoms with E-state index in [0.717, 1.165) is 17.3 Å². The number of anilines is 1. The minimum atomic E-state index is -0.345. The van der Waals surface area contributed by atoms with Crippen LogP contribution in [0.5, 0.6) is 0 Å². The molecule has 0 aromatic heterocycles. The van der Waals surface area contributed by atoms with Crippen LogP contribution in [0.3, 0.4) is 0 Å². The zero-order valence-corrected chi connectivity index (χ0v) is 15.5. The molecule has 2 amide bonds. The van der Waals surface area contributed by atoms with Gasteiger partial charge in [-0.05, 0) is 42.8 Å². The first kappa shape index (κ1) is 18.3. The Morgan fingerprint density at radius 2 is 1.85 bits per heavy atom. The van der Waals surface area contributed by atoms with E-state index in [2.05, 4.69) is 5.32 Å². The predicted octanol–water partition coefficient (Wildman–Crippen LogP) is 3.97. The molecular formula is C19H15FN2O2S2. The van der Waals surface area contributed by atoms with Crippen LogP contribution < -0.4 is 5.32 Å². The summed E-state index contributed by atoms with van der Waals surface area (Å²) in [6.45, 7) is 1.80. The van der Waals surface area contributed by atoms with Crippen molar-refractivity contribution in [2.24, 2.45) is 0 Å². The molecule has 1 N–H and O–H groups in total. The molecule has 0 spiro atoms. The Labute approximate surface area is 160 Å². The first-order chi connectivity index (χ1) is 12.4. The first-order valence-electron chi connectivity index (χ1n) is 7.80. The molecule has 4 nitrogen and oxygen atoms in total. The fourth-order valence-corrected chi connectivity index (χ4v) is 3.58. The summed E-state index contributed by atoms with van der Waals surface area (Å²) in [5.41, 5.74) is 2.44. The van der Waals surface area contributed by atoms with Crippen LogP contribution >= 0.6 is 24.0 Å². The van der Waals surface area contributed by atoms with Gasteiger partial charge in [-0.2, -0.15) is 0 Å². The summed E-state index contributed by atoms with van der Waals surface area (Å²) in [5.74, 6) is -1.00. The molecule has 0 saturated carbocycles. The maximum absolute atomic E-state index is 13.0. The summed E-state index contributed by atoms with van der Waals surface area (Å²) in [5, 5.41) is 2.75. The normalized spacial score (nSPS) is 15.6. The van der Waals surface area contributed by atoms with Crippen LogP contribution in [0, 0.1) is 12.7 Å². The molecular weight excluding hydrogens is 371 g/mol. The second kappa shape index (κ2) is 7.80. The third kappa shape index (κ3) is 4.36.